The third kappa shape index (κ3) is 3.33. The minimum Gasteiger partial charge on any atom is -0.389 e. The van der Waals surface area contributed by atoms with Gasteiger partial charge in [0.1, 0.15) is 0 Å². The van der Waals surface area contributed by atoms with Crippen LogP contribution in [0.15, 0.2) is 42.5 Å². The summed E-state index contributed by atoms with van der Waals surface area (Å²) in [7, 11) is 2.02. The van der Waals surface area contributed by atoms with E-state index in [9.17, 15) is 5.11 Å². The van der Waals surface area contributed by atoms with Crippen LogP contribution >= 0.6 is 11.6 Å². The van der Waals surface area contributed by atoms with E-state index in [1.807, 2.05) is 37.4 Å². The Kier molecular flexibility index (Phi) is 4.69. The van der Waals surface area contributed by atoms with Gasteiger partial charge >= 0.3 is 0 Å². The summed E-state index contributed by atoms with van der Waals surface area (Å²) in [6.45, 7) is 4.66. The van der Waals surface area contributed by atoms with Gasteiger partial charge in [-0.3, -0.25) is 0 Å². The second-order valence-electron chi connectivity index (χ2n) is 5.17. The highest BCUT2D eigenvalue weighted by atomic mass is 35.5. The van der Waals surface area contributed by atoms with Crippen molar-refractivity contribution in [3.63, 3.8) is 0 Å². The summed E-state index contributed by atoms with van der Waals surface area (Å²) in [6.07, 6.45) is -0.497. The minimum atomic E-state index is -0.497. The summed E-state index contributed by atoms with van der Waals surface area (Å²) in [5.41, 5.74) is 4.36. The number of anilines is 1. The van der Waals surface area contributed by atoms with Crippen molar-refractivity contribution in [3.8, 4) is 0 Å². The van der Waals surface area contributed by atoms with Crippen LogP contribution in [-0.4, -0.2) is 12.2 Å². The summed E-state index contributed by atoms with van der Waals surface area (Å²) >= 11 is 6.32. The van der Waals surface area contributed by atoms with Gasteiger partial charge < -0.3 is 10.0 Å². The van der Waals surface area contributed by atoms with Crippen LogP contribution in [-0.2, 0) is 6.54 Å². The molecule has 2 nitrogen and oxygen atoms in total. The van der Waals surface area contributed by atoms with Gasteiger partial charge in [0.2, 0.25) is 0 Å². The molecule has 106 valence electrons. The lowest BCUT2D eigenvalue weighted by molar-refractivity contribution is 0.199. The molecule has 0 saturated heterocycles. The molecule has 0 aromatic heterocycles. The largest absolute Gasteiger partial charge is 0.389 e. The first kappa shape index (κ1) is 14.9. The maximum absolute atomic E-state index is 9.58. The van der Waals surface area contributed by atoms with Crippen molar-refractivity contribution in [2.24, 2.45) is 0 Å². The predicted molar refractivity (Wildman–Crippen MR) is 85.4 cm³/mol. The number of benzene rings is 2. The molecule has 1 atom stereocenters. The number of aliphatic hydroxyl groups excluding tert-OH is 1. The Bertz CT molecular complexity index is 595. The number of halogens is 1. The highest BCUT2D eigenvalue weighted by Gasteiger charge is 2.10. The minimum absolute atomic E-state index is 0.497. The van der Waals surface area contributed by atoms with E-state index in [-0.39, 0.29) is 0 Å². The number of aliphatic hydroxyl groups is 1. The van der Waals surface area contributed by atoms with Crippen LogP contribution in [0.25, 0.3) is 0 Å². The monoisotopic (exact) mass is 289 g/mol. The molecule has 2 rings (SSSR count). The average molecular weight is 290 g/mol. The summed E-state index contributed by atoms with van der Waals surface area (Å²) in [4.78, 5) is 2.12. The Hall–Kier alpha value is -1.51. The molecule has 0 fully saturated rings. The third-order valence-electron chi connectivity index (χ3n) is 3.53. The first-order valence-electron chi connectivity index (χ1n) is 6.72. The van der Waals surface area contributed by atoms with E-state index >= 15 is 0 Å². The Morgan fingerprint density at radius 3 is 2.50 bits per heavy atom. The van der Waals surface area contributed by atoms with Crippen LogP contribution in [0.4, 0.5) is 5.69 Å². The van der Waals surface area contributed by atoms with E-state index in [0.717, 1.165) is 17.8 Å². The Morgan fingerprint density at radius 1 is 1.20 bits per heavy atom. The van der Waals surface area contributed by atoms with E-state index in [1.54, 1.807) is 6.92 Å². The molecule has 0 aliphatic carbocycles. The number of hydrogen-bond donors (Lipinski definition) is 1. The molecule has 1 N–H and O–H groups in total. The van der Waals surface area contributed by atoms with Crippen molar-refractivity contribution < 1.29 is 5.11 Å². The fourth-order valence-electron chi connectivity index (χ4n) is 2.22. The second kappa shape index (κ2) is 6.29. The van der Waals surface area contributed by atoms with E-state index < -0.39 is 6.10 Å². The van der Waals surface area contributed by atoms with Gasteiger partial charge in [-0.15, -0.1) is 0 Å². The third-order valence-corrected chi connectivity index (χ3v) is 3.84. The highest BCUT2D eigenvalue weighted by molar-refractivity contribution is 6.33. The molecule has 0 aliphatic rings. The lowest BCUT2D eigenvalue weighted by Gasteiger charge is -2.22. The number of hydrogen-bond acceptors (Lipinski definition) is 2. The second-order valence-corrected chi connectivity index (χ2v) is 5.58. The molecule has 0 heterocycles. The van der Waals surface area contributed by atoms with Crippen molar-refractivity contribution in [1.82, 2.24) is 0 Å². The number of aryl methyl sites for hydroxylation is 1. The molecule has 2 aromatic rings. The summed E-state index contributed by atoms with van der Waals surface area (Å²) in [5.74, 6) is 0. The quantitative estimate of drug-likeness (QED) is 0.905. The van der Waals surface area contributed by atoms with E-state index in [0.29, 0.717) is 5.02 Å². The normalized spacial score (nSPS) is 12.2. The molecular weight excluding hydrogens is 270 g/mol. The van der Waals surface area contributed by atoms with Crippen molar-refractivity contribution in [2.75, 3.05) is 11.9 Å². The zero-order valence-electron chi connectivity index (χ0n) is 12.1. The molecule has 3 heteroatoms. The van der Waals surface area contributed by atoms with Gasteiger partial charge in [0, 0.05) is 13.6 Å². The lowest BCUT2D eigenvalue weighted by Crippen LogP contribution is -2.17. The van der Waals surface area contributed by atoms with Crippen LogP contribution in [0, 0.1) is 6.92 Å². The molecule has 20 heavy (non-hydrogen) atoms. The van der Waals surface area contributed by atoms with Gasteiger partial charge in [0.15, 0.2) is 0 Å². The van der Waals surface area contributed by atoms with Crippen LogP contribution < -0.4 is 4.90 Å². The molecule has 0 bridgehead atoms. The van der Waals surface area contributed by atoms with Crippen LogP contribution in [0.1, 0.15) is 29.7 Å². The smallest absolute Gasteiger partial charge is 0.0762 e. The van der Waals surface area contributed by atoms with Gasteiger partial charge in [0.05, 0.1) is 16.8 Å². The van der Waals surface area contributed by atoms with Gasteiger partial charge in [-0.2, -0.15) is 0 Å². The fraction of sp³-hybridized carbons (Fsp3) is 0.294. The Labute approximate surface area is 125 Å². The van der Waals surface area contributed by atoms with Crippen LogP contribution in [0.5, 0.6) is 0 Å². The van der Waals surface area contributed by atoms with E-state index in [2.05, 4.69) is 24.0 Å². The first-order valence-corrected chi connectivity index (χ1v) is 7.10. The SMILES string of the molecule is Cc1ccccc1CN(C)c1ccc(C(C)O)cc1Cl. The highest BCUT2D eigenvalue weighted by Crippen LogP contribution is 2.29. The lowest BCUT2D eigenvalue weighted by atomic mass is 10.1. The van der Waals surface area contributed by atoms with Crippen molar-refractivity contribution in [3.05, 3.63) is 64.2 Å². The summed E-state index contributed by atoms with van der Waals surface area (Å²) in [5, 5.41) is 10.2. The van der Waals surface area contributed by atoms with Crippen molar-refractivity contribution >= 4 is 17.3 Å². The zero-order chi connectivity index (χ0) is 14.7. The predicted octanol–water partition coefficient (Wildman–Crippen LogP) is 4.34. The van der Waals surface area contributed by atoms with Crippen LogP contribution in [0.3, 0.4) is 0 Å². The topological polar surface area (TPSA) is 23.5 Å². The van der Waals surface area contributed by atoms with Gasteiger partial charge in [-0.25, -0.2) is 0 Å². The molecule has 0 spiro atoms. The number of rotatable bonds is 4. The van der Waals surface area contributed by atoms with Gasteiger partial charge in [0.25, 0.3) is 0 Å². The van der Waals surface area contributed by atoms with Crippen LogP contribution in [0.2, 0.25) is 5.02 Å². The van der Waals surface area contributed by atoms with E-state index in [4.69, 9.17) is 11.6 Å². The standard InChI is InChI=1S/C17H20ClNO/c1-12-6-4-5-7-15(12)11-19(3)17-9-8-14(13(2)20)10-16(17)18/h4-10,13,20H,11H2,1-3H3. The summed E-state index contributed by atoms with van der Waals surface area (Å²) < 4.78 is 0. The van der Waals surface area contributed by atoms with Gasteiger partial charge in [-0.05, 0) is 42.7 Å². The van der Waals surface area contributed by atoms with Crippen molar-refractivity contribution in [1.29, 1.82) is 0 Å². The maximum atomic E-state index is 9.58. The number of nitrogens with zero attached hydrogens (tertiary/aromatic N) is 1. The molecule has 0 saturated carbocycles. The molecule has 0 radical (unpaired) electrons. The van der Waals surface area contributed by atoms with Gasteiger partial charge in [-0.1, -0.05) is 41.9 Å². The molecular formula is C17H20ClNO. The molecule has 1 unspecified atom stereocenters. The Balaban J connectivity index is 2.21. The molecule has 2 aromatic carbocycles. The average Bonchev–Trinajstić information content (AvgIpc) is 2.41. The Morgan fingerprint density at radius 2 is 1.90 bits per heavy atom. The zero-order valence-corrected chi connectivity index (χ0v) is 12.9. The maximum Gasteiger partial charge on any atom is 0.0762 e. The fourth-order valence-corrected chi connectivity index (χ4v) is 2.55. The molecule has 0 aliphatic heterocycles. The van der Waals surface area contributed by atoms with Crippen molar-refractivity contribution in [2.45, 2.75) is 26.5 Å². The van der Waals surface area contributed by atoms with E-state index in [1.165, 1.54) is 11.1 Å². The first-order chi connectivity index (χ1) is 9.49. The summed E-state index contributed by atoms with van der Waals surface area (Å²) in [6, 6.07) is 14.0. The molecule has 0 amide bonds.